The molecule has 2 aromatic heterocycles. The van der Waals surface area contributed by atoms with Crippen LogP contribution in [0.15, 0.2) is 46.2 Å². The molecule has 0 saturated heterocycles. The number of carbonyl (C=O) groups excluding carboxylic acids is 1. The Balaban J connectivity index is 1.76. The van der Waals surface area contributed by atoms with Crippen LogP contribution in [-0.4, -0.2) is 15.5 Å². The Hall–Kier alpha value is -2.12. The Kier molecular flexibility index (Phi) is 4.26. The predicted molar refractivity (Wildman–Crippen MR) is 85.1 cm³/mol. The van der Waals surface area contributed by atoms with E-state index in [4.69, 9.17) is 0 Å². The monoisotopic (exact) mass is 333 g/mol. The lowest BCUT2D eigenvalue weighted by molar-refractivity contribution is -0.117. The topological polar surface area (TPSA) is 47.2 Å². The molecule has 1 aromatic carbocycles. The average molecular weight is 333 g/mol. The molecule has 0 spiro atoms. The fourth-order valence-electron chi connectivity index (χ4n) is 1.85. The van der Waals surface area contributed by atoms with Crippen LogP contribution in [0.5, 0.6) is 0 Å². The van der Waals surface area contributed by atoms with Gasteiger partial charge in [0.05, 0.1) is 12.1 Å². The average Bonchev–Trinajstić information content (AvgIpc) is 3.10. The normalized spacial score (nSPS) is 11.8. The second-order valence-electron chi connectivity index (χ2n) is 4.63. The zero-order valence-electron chi connectivity index (χ0n) is 11.7. The Bertz CT molecular complexity index is 861. The number of benzene rings is 1. The van der Waals surface area contributed by atoms with Gasteiger partial charge in [-0.3, -0.25) is 4.79 Å². The van der Waals surface area contributed by atoms with Gasteiger partial charge in [0.2, 0.25) is 0 Å². The maximum atomic E-state index is 12.9. The number of nitrogens with zero attached hydrogens (tertiary/aromatic N) is 3. The van der Waals surface area contributed by atoms with Gasteiger partial charge < -0.3 is 4.57 Å². The molecule has 0 radical (unpaired) electrons. The molecule has 3 rings (SSSR count). The van der Waals surface area contributed by atoms with Gasteiger partial charge in [-0.1, -0.05) is 0 Å². The van der Waals surface area contributed by atoms with Crippen molar-refractivity contribution in [3.05, 3.63) is 57.5 Å². The first-order valence-electron chi connectivity index (χ1n) is 6.50. The van der Waals surface area contributed by atoms with Crippen LogP contribution >= 0.6 is 22.7 Å². The summed E-state index contributed by atoms with van der Waals surface area (Å²) in [6.07, 6.45) is 2.02. The Morgan fingerprint density at radius 2 is 2.09 bits per heavy atom. The van der Waals surface area contributed by atoms with Gasteiger partial charge in [-0.05, 0) is 24.3 Å². The molecule has 0 fully saturated rings. The highest BCUT2D eigenvalue weighted by Crippen LogP contribution is 2.24. The number of hydrogen-bond donors (Lipinski definition) is 0. The van der Waals surface area contributed by atoms with E-state index in [0.29, 0.717) is 10.5 Å². The molecular formula is C15H12FN3OS2. The van der Waals surface area contributed by atoms with E-state index in [2.05, 4.69) is 9.98 Å². The number of hydrogen-bond acceptors (Lipinski definition) is 4. The summed E-state index contributed by atoms with van der Waals surface area (Å²) in [5, 5.41) is 4.48. The van der Waals surface area contributed by atoms with Gasteiger partial charge >= 0.3 is 0 Å². The van der Waals surface area contributed by atoms with E-state index < -0.39 is 0 Å². The van der Waals surface area contributed by atoms with Gasteiger partial charge in [-0.15, -0.1) is 22.7 Å². The fraction of sp³-hybridized carbons (Fsp3) is 0.133. The van der Waals surface area contributed by atoms with Crippen molar-refractivity contribution in [1.29, 1.82) is 0 Å². The number of carbonyl (C=O) groups is 1. The summed E-state index contributed by atoms with van der Waals surface area (Å²) in [7, 11) is 1.85. The van der Waals surface area contributed by atoms with E-state index in [0.717, 1.165) is 10.6 Å². The highest BCUT2D eigenvalue weighted by atomic mass is 32.1. The zero-order valence-corrected chi connectivity index (χ0v) is 13.3. The minimum Gasteiger partial charge on any atom is -0.327 e. The number of rotatable bonds is 3. The van der Waals surface area contributed by atoms with Gasteiger partial charge in [0.1, 0.15) is 10.8 Å². The molecule has 0 aliphatic carbocycles. The molecule has 0 bridgehead atoms. The molecule has 0 aliphatic heterocycles. The molecule has 112 valence electrons. The van der Waals surface area contributed by atoms with Crippen LogP contribution < -0.4 is 4.80 Å². The molecule has 0 aliphatic rings. The highest BCUT2D eigenvalue weighted by Gasteiger charge is 2.09. The van der Waals surface area contributed by atoms with Gasteiger partial charge in [0.15, 0.2) is 4.80 Å². The van der Waals surface area contributed by atoms with Gasteiger partial charge in [0, 0.05) is 29.6 Å². The lowest BCUT2D eigenvalue weighted by atomic mass is 10.2. The second-order valence-corrected chi connectivity index (χ2v) is 6.36. The number of amides is 1. The van der Waals surface area contributed by atoms with Crippen molar-refractivity contribution in [2.75, 3.05) is 0 Å². The minimum atomic E-state index is -0.279. The highest BCUT2D eigenvalue weighted by molar-refractivity contribution is 7.13. The molecule has 0 saturated carbocycles. The fourth-order valence-corrected chi connectivity index (χ4v) is 3.42. The molecule has 0 N–H and O–H groups in total. The van der Waals surface area contributed by atoms with E-state index in [1.807, 2.05) is 24.0 Å². The van der Waals surface area contributed by atoms with Gasteiger partial charge in [0.25, 0.3) is 5.91 Å². The smallest absolute Gasteiger partial charge is 0.254 e. The molecule has 1 amide bonds. The predicted octanol–water partition coefficient (Wildman–Crippen LogP) is 3.02. The van der Waals surface area contributed by atoms with Crippen LogP contribution in [0.25, 0.3) is 10.6 Å². The molecule has 22 heavy (non-hydrogen) atoms. The number of thiazole rings is 2. The van der Waals surface area contributed by atoms with Crippen molar-refractivity contribution in [3.8, 4) is 10.6 Å². The summed E-state index contributed by atoms with van der Waals surface area (Å²) in [4.78, 5) is 21.1. The number of aromatic nitrogens is 2. The summed E-state index contributed by atoms with van der Waals surface area (Å²) in [5.41, 5.74) is 1.52. The summed E-state index contributed by atoms with van der Waals surface area (Å²) < 4.78 is 14.7. The van der Waals surface area contributed by atoms with Crippen LogP contribution in [0.3, 0.4) is 0 Å². The third-order valence-corrected chi connectivity index (χ3v) is 4.74. The molecular weight excluding hydrogens is 321 g/mol. The van der Waals surface area contributed by atoms with Crippen LogP contribution in [0.4, 0.5) is 4.39 Å². The maximum absolute atomic E-state index is 12.9. The molecule has 7 heteroatoms. The third kappa shape index (κ3) is 3.37. The van der Waals surface area contributed by atoms with Crippen molar-refractivity contribution in [3.63, 3.8) is 0 Å². The van der Waals surface area contributed by atoms with Crippen LogP contribution in [0, 0.1) is 5.82 Å². The van der Waals surface area contributed by atoms with Crippen molar-refractivity contribution >= 4 is 28.6 Å². The quantitative estimate of drug-likeness (QED) is 0.740. The van der Waals surface area contributed by atoms with E-state index in [1.165, 1.54) is 34.8 Å². The first kappa shape index (κ1) is 14.8. The van der Waals surface area contributed by atoms with Crippen molar-refractivity contribution in [1.82, 2.24) is 9.55 Å². The van der Waals surface area contributed by atoms with Crippen LogP contribution in [-0.2, 0) is 18.3 Å². The Morgan fingerprint density at radius 3 is 2.77 bits per heavy atom. The standard InChI is InChI=1S/C15H12FN3OS2/c1-19-6-7-21-15(19)18-13(20)8-12-9-22-14(17-12)10-2-4-11(16)5-3-10/h2-7,9H,8H2,1H3. The number of halogens is 1. The van der Waals surface area contributed by atoms with E-state index >= 15 is 0 Å². The first-order chi connectivity index (χ1) is 10.6. The Morgan fingerprint density at radius 1 is 1.32 bits per heavy atom. The van der Waals surface area contributed by atoms with Crippen LogP contribution in [0.2, 0.25) is 0 Å². The second kappa shape index (κ2) is 6.33. The summed E-state index contributed by atoms with van der Waals surface area (Å²) in [5.74, 6) is -0.507. The number of aryl methyl sites for hydroxylation is 1. The molecule has 0 atom stereocenters. The first-order valence-corrected chi connectivity index (χ1v) is 8.26. The van der Waals surface area contributed by atoms with Gasteiger partial charge in [-0.25, -0.2) is 9.37 Å². The molecule has 2 heterocycles. The van der Waals surface area contributed by atoms with E-state index in [-0.39, 0.29) is 18.1 Å². The molecule has 0 unspecified atom stereocenters. The van der Waals surface area contributed by atoms with Crippen molar-refractivity contribution in [2.45, 2.75) is 6.42 Å². The van der Waals surface area contributed by atoms with E-state index in [1.54, 1.807) is 16.7 Å². The van der Waals surface area contributed by atoms with Crippen molar-refractivity contribution in [2.24, 2.45) is 12.0 Å². The van der Waals surface area contributed by atoms with Crippen LogP contribution in [0.1, 0.15) is 5.69 Å². The third-order valence-electron chi connectivity index (χ3n) is 2.96. The van der Waals surface area contributed by atoms with Crippen molar-refractivity contribution < 1.29 is 9.18 Å². The summed E-state index contributed by atoms with van der Waals surface area (Å²) >= 11 is 2.85. The molecule has 4 nitrogen and oxygen atoms in total. The minimum absolute atomic E-state index is 0.162. The largest absolute Gasteiger partial charge is 0.327 e. The lowest BCUT2D eigenvalue weighted by Gasteiger charge is -1.95. The Labute approximate surface area is 134 Å². The zero-order chi connectivity index (χ0) is 15.5. The SMILES string of the molecule is Cn1ccsc1=NC(=O)Cc1csc(-c2ccc(F)cc2)n1. The summed E-state index contributed by atoms with van der Waals surface area (Å²) in [6.45, 7) is 0. The molecule has 3 aromatic rings. The summed E-state index contributed by atoms with van der Waals surface area (Å²) in [6, 6.07) is 6.15. The maximum Gasteiger partial charge on any atom is 0.254 e. The van der Waals surface area contributed by atoms with Gasteiger partial charge in [-0.2, -0.15) is 4.99 Å². The van der Waals surface area contributed by atoms with E-state index in [9.17, 15) is 9.18 Å². The lowest BCUT2D eigenvalue weighted by Crippen LogP contribution is -2.13.